The molecule has 5 nitrogen and oxygen atoms in total. The van der Waals surface area contributed by atoms with Gasteiger partial charge in [0.1, 0.15) is 24.0 Å². The molecule has 3 atom stereocenters. The number of carbonyl (C=O) groups is 1. The Kier molecular flexibility index (Phi) is 4.75. The van der Waals surface area contributed by atoms with Crippen molar-refractivity contribution in [3.8, 4) is 0 Å². The first kappa shape index (κ1) is 19.1. The van der Waals surface area contributed by atoms with Crippen molar-refractivity contribution in [3.63, 3.8) is 0 Å². The number of benzene rings is 1. The van der Waals surface area contributed by atoms with Crippen LogP contribution in [0.4, 0.5) is 8.78 Å². The number of nitrogens with two attached hydrogens (primary N) is 1. The minimum atomic E-state index is -1.24. The summed E-state index contributed by atoms with van der Waals surface area (Å²) in [7, 11) is 0. The Labute approximate surface area is 169 Å². The van der Waals surface area contributed by atoms with E-state index in [1.54, 1.807) is 18.2 Å². The van der Waals surface area contributed by atoms with Gasteiger partial charge in [-0.3, -0.25) is 4.79 Å². The molecule has 1 aromatic carbocycles. The zero-order chi connectivity index (χ0) is 20.1. The lowest BCUT2D eigenvalue weighted by Gasteiger charge is -2.32. The van der Waals surface area contributed by atoms with E-state index in [9.17, 15) is 13.6 Å². The van der Waals surface area contributed by atoms with Crippen molar-refractivity contribution in [1.82, 2.24) is 4.98 Å². The van der Waals surface area contributed by atoms with E-state index < -0.39 is 23.8 Å². The summed E-state index contributed by atoms with van der Waals surface area (Å²) in [5.41, 5.74) is 5.13. The largest absolute Gasteiger partial charge is 0.462 e. The highest BCUT2D eigenvalue weighted by Gasteiger charge is 2.59. The highest BCUT2D eigenvalue weighted by atomic mass is 35.5. The second-order valence-corrected chi connectivity index (χ2v) is 7.75. The van der Waals surface area contributed by atoms with Gasteiger partial charge < -0.3 is 10.5 Å². The first-order valence-corrected chi connectivity index (χ1v) is 9.31. The van der Waals surface area contributed by atoms with Crippen LogP contribution in [-0.2, 0) is 16.7 Å². The molecule has 2 aliphatic rings. The molecule has 1 fully saturated rings. The lowest BCUT2D eigenvalue weighted by Crippen LogP contribution is -2.39. The topological polar surface area (TPSA) is 77.6 Å². The quantitative estimate of drug-likeness (QED) is 0.737. The monoisotopic (exact) mass is 425 g/mol. The van der Waals surface area contributed by atoms with Crippen molar-refractivity contribution in [2.75, 3.05) is 6.67 Å². The number of pyridine rings is 1. The molecular formula is C19H15Cl2F2N3O2. The number of Topliss-reactive ketones (excluding diaryl/α,β-unsaturated/α-hetero) is 1. The molecule has 4 rings (SSSR count). The number of rotatable bonds is 5. The Bertz CT molecular complexity index is 1000. The van der Waals surface area contributed by atoms with Crippen LogP contribution < -0.4 is 5.73 Å². The molecule has 1 aliphatic heterocycles. The number of amidine groups is 1. The molecule has 9 heteroatoms. The number of fused-ring (bicyclic) bond motifs is 1. The summed E-state index contributed by atoms with van der Waals surface area (Å²) in [6.45, 7) is -0.803. The summed E-state index contributed by atoms with van der Waals surface area (Å²) >= 11 is 12.0. The molecule has 0 radical (unpaired) electrons. The lowest BCUT2D eigenvalue weighted by molar-refractivity contribution is 0.0984. The number of carbonyl (C=O) groups excluding carboxylic acids is 1. The fourth-order valence-corrected chi connectivity index (χ4v) is 4.06. The number of aromatic nitrogens is 1. The van der Waals surface area contributed by atoms with Crippen LogP contribution in [0.2, 0.25) is 10.0 Å². The van der Waals surface area contributed by atoms with Crippen LogP contribution in [0.1, 0.15) is 28.0 Å². The van der Waals surface area contributed by atoms with E-state index in [0.29, 0.717) is 22.6 Å². The predicted molar refractivity (Wildman–Crippen MR) is 101 cm³/mol. The van der Waals surface area contributed by atoms with Crippen LogP contribution >= 0.6 is 23.2 Å². The zero-order valence-electron chi connectivity index (χ0n) is 14.5. The Morgan fingerprint density at radius 2 is 2.14 bits per heavy atom. The molecule has 0 spiro atoms. The number of nitrogens with zero attached hydrogens (tertiary/aromatic N) is 2. The first-order chi connectivity index (χ1) is 13.3. The van der Waals surface area contributed by atoms with Gasteiger partial charge in [-0.1, -0.05) is 35.3 Å². The van der Waals surface area contributed by atoms with Crippen molar-refractivity contribution in [1.29, 1.82) is 0 Å². The second-order valence-electron chi connectivity index (χ2n) is 6.90. The molecule has 2 aromatic rings. The molecule has 1 saturated carbocycles. The molecule has 0 bridgehead atoms. The van der Waals surface area contributed by atoms with E-state index >= 15 is 0 Å². The van der Waals surface area contributed by atoms with Crippen molar-refractivity contribution in [2.24, 2.45) is 16.6 Å². The van der Waals surface area contributed by atoms with Crippen molar-refractivity contribution < 1.29 is 18.3 Å². The standard InChI is InChI=1S/C19H15Cl2F2N3O2/c20-10-5-14(23)17(25-7-10)15(27)4-9-1-2-13(21)11(3-9)19(8-22)12-6-16(12)28-18(24)26-19/h1-3,5,7,12,16H,4,6,8H2,(H2,24,26)/t12-,16+,19+/m0/s1. The van der Waals surface area contributed by atoms with Gasteiger partial charge in [-0.15, -0.1) is 0 Å². The van der Waals surface area contributed by atoms with Crippen LogP contribution in [0.3, 0.4) is 0 Å². The number of hydrogen-bond donors (Lipinski definition) is 1. The average molecular weight is 426 g/mol. The summed E-state index contributed by atoms with van der Waals surface area (Å²) < 4.78 is 33.5. The number of ether oxygens (including phenoxy) is 1. The van der Waals surface area contributed by atoms with Gasteiger partial charge in [0.25, 0.3) is 6.02 Å². The smallest absolute Gasteiger partial charge is 0.283 e. The molecule has 146 valence electrons. The van der Waals surface area contributed by atoms with Gasteiger partial charge in [0.05, 0.1) is 5.02 Å². The highest BCUT2D eigenvalue weighted by Crippen LogP contribution is 2.54. The first-order valence-electron chi connectivity index (χ1n) is 8.55. The molecule has 28 heavy (non-hydrogen) atoms. The third-order valence-electron chi connectivity index (χ3n) is 5.06. The molecule has 2 N–H and O–H groups in total. The summed E-state index contributed by atoms with van der Waals surface area (Å²) in [5, 5.41) is 0.412. The van der Waals surface area contributed by atoms with Gasteiger partial charge in [-0.2, -0.15) is 0 Å². The Morgan fingerprint density at radius 1 is 1.36 bits per heavy atom. The van der Waals surface area contributed by atoms with Crippen LogP contribution in [0.5, 0.6) is 0 Å². The highest BCUT2D eigenvalue weighted by molar-refractivity contribution is 6.31. The second kappa shape index (κ2) is 6.97. The van der Waals surface area contributed by atoms with E-state index in [0.717, 1.165) is 6.07 Å². The molecule has 0 unspecified atom stereocenters. The van der Waals surface area contributed by atoms with E-state index in [4.69, 9.17) is 33.7 Å². The van der Waals surface area contributed by atoms with Crippen LogP contribution in [0.15, 0.2) is 35.5 Å². The van der Waals surface area contributed by atoms with Gasteiger partial charge in [0.2, 0.25) is 0 Å². The van der Waals surface area contributed by atoms with Crippen LogP contribution in [-0.4, -0.2) is 29.6 Å². The minimum Gasteiger partial charge on any atom is -0.462 e. The average Bonchev–Trinajstić information content (AvgIpc) is 3.42. The van der Waals surface area contributed by atoms with E-state index in [1.807, 2.05) is 0 Å². The predicted octanol–water partition coefficient (Wildman–Crippen LogP) is 3.85. The van der Waals surface area contributed by atoms with Gasteiger partial charge in [-0.25, -0.2) is 18.8 Å². The third-order valence-corrected chi connectivity index (χ3v) is 5.60. The molecule has 0 saturated heterocycles. The maximum absolute atomic E-state index is 14.2. The Hall–Kier alpha value is -2.25. The normalized spacial score (nSPS) is 25.5. The zero-order valence-corrected chi connectivity index (χ0v) is 16.0. The molecule has 2 heterocycles. The number of halogens is 4. The number of aliphatic imine (C=N–C) groups is 1. The third kappa shape index (κ3) is 3.22. The Morgan fingerprint density at radius 3 is 2.86 bits per heavy atom. The van der Waals surface area contributed by atoms with Crippen molar-refractivity contribution >= 4 is 35.0 Å². The van der Waals surface area contributed by atoms with Crippen molar-refractivity contribution in [3.05, 3.63) is 63.1 Å². The van der Waals surface area contributed by atoms with Gasteiger partial charge >= 0.3 is 0 Å². The van der Waals surface area contributed by atoms with Crippen LogP contribution in [0.25, 0.3) is 0 Å². The summed E-state index contributed by atoms with van der Waals surface area (Å²) in [6.07, 6.45) is 1.49. The van der Waals surface area contributed by atoms with Crippen molar-refractivity contribution in [2.45, 2.75) is 24.5 Å². The molecule has 1 aliphatic carbocycles. The SMILES string of the molecule is NC1=N[C@](CF)(c2cc(CC(=O)c3ncc(Cl)cc3F)ccc2Cl)[C@H]2C[C@H]2O1. The fraction of sp³-hybridized carbons (Fsp3) is 0.316. The number of alkyl halides is 1. The van der Waals surface area contributed by atoms with Crippen LogP contribution in [0, 0.1) is 11.7 Å². The lowest BCUT2D eigenvalue weighted by atomic mass is 9.84. The van der Waals surface area contributed by atoms with E-state index in [-0.39, 0.29) is 35.2 Å². The summed E-state index contributed by atoms with van der Waals surface area (Å²) in [4.78, 5) is 20.5. The fourth-order valence-electron chi connectivity index (χ4n) is 3.63. The number of ketones is 1. The molecule has 1 aromatic heterocycles. The maximum atomic E-state index is 14.2. The summed E-state index contributed by atoms with van der Waals surface area (Å²) in [6, 6.07) is 5.76. The van der Waals surface area contributed by atoms with Gasteiger partial charge in [0, 0.05) is 29.1 Å². The minimum absolute atomic E-state index is 0.0821. The van der Waals surface area contributed by atoms with E-state index in [1.165, 1.54) is 6.20 Å². The summed E-state index contributed by atoms with van der Waals surface area (Å²) in [5.74, 6) is -1.51. The van der Waals surface area contributed by atoms with E-state index in [2.05, 4.69) is 9.98 Å². The number of hydrogen-bond acceptors (Lipinski definition) is 5. The van der Waals surface area contributed by atoms with Gasteiger partial charge in [-0.05, 0) is 24.1 Å². The Balaban J connectivity index is 1.68. The molecular weight excluding hydrogens is 411 g/mol. The van der Waals surface area contributed by atoms with Gasteiger partial charge in [0.15, 0.2) is 11.6 Å². The maximum Gasteiger partial charge on any atom is 0.283 e. The molecule has 0 amide bonds.